The number of hydrogen-bond acceptors (Lipinski definition) is 6. The SMILES string of the molecule is CNCc1cc(-c2ccc(OCC3CCCCO3)cc2F)n(S(=O)(=O)c2cccnc2)c1. The predicted molar refractivity (Wildman–Crippen MR) is 118 cm³/mol. The van der Waals surface area contributed by atoms with Gasteiger partial charge in [0.15, 0.2) is 0 Å². The minimum Gasteiger partial charge on any atom is -0.491 e. The van der Waals surface area contributed by atoms with Gasteiger partial charge in [-0.3, -0.25) is 4.98 Å². The molecule has 3 heterocycles. The standard InChI is InChI=1S/C23H26FN3O4S/c1-25-13-17-11-23(27(15-17)32(28,29)20-6-4-9-26-14-20)21-8-7-18(12-22(21)24)31-16-19-5-2-3-10-30-19/h4,6-9,11-12,14-15,19,25H,2-3,5,10,13,16H2,1H3. The van der Waals surface area contributed by atoms with Crippen molar-refractivity contribution in [1.82, 2.24) is 14.3 Å². The summed E-state index contributed by atoms with van der Waals surface area (Å²) in [5.41, 5.74) is 1.11. The topological polar surface area (TPSA) is 82.5 Å². The first-order valence-electron chi connectivity index (χ1n) is 10.5. The van der Waals surface area contributed by atoms with E-state index in [0.29, 0.717) is 24.5 Å². The number of ether oxygens (including phenoxy) is 2. The number of nitrogens with one attached hydrogen (secondary N) is 1. The van der Waals surface area contributed by atoms with Gasteiger partial charge in [0.25, 0.3) is 10.0 Å². The number of aromatic nitrogens is 2. The van der Waals surface area contributed by atoms with Crippen molar-refractivity contribution in [3.8, 4) is 17.0 Å². The van der Waals surface area contributed by atoms with Gasteiger partial charge in [-0.15, -0.1) is 0 Å². The molecule has 170 valence electrons. The molecule has 4 rings (SSSR count). The average molecular weight is 460 g/mol. The number of rotatable bonds is 8. The van der Waals surface area contributed by atoms with Crippen molar-refractivity contribution >= 4 is 10.0 Å². The Morgan fingerprint density at radius 3 is 2.84 bits per heavy atom. The normalized spacial score (nSPS) is 16.8. The summed E-state index contributed by atoms with van der Waals surface area (Å²) in [6.07, 6.45) is 7.36. The Morgan fingerprint density at radius 2 is 2.16 bits per heavy atom. The number of nitrogens with zero attached hydrogens (tertiary/aromatic N) is 2. The van der Waals surface area contributed by atoms with E-state index in [-0.39, 0.29) is 22.3 Å². The van der Waals surface area contributed by atoms with Crippen LogP contribution in [0.4, 0.5) is 4.39 Å². The summed E-state index contributed by atoms with van der Waals surface area (Å²) in [6.45, 7) is 1.52. The summed E-state index contributed by atoms with van der Waals surface area (Å²) in [5, 5.41) is 2.99. The van der Waals surface area contributed by atoms with Crippen molar-refractivity contribution in [2.75, 3.05) is 20.3 Å². The van der Waals surface area contributed by atoms with E-state index < -0.39 is 15.8 Å². The molecule has 0 aliphatic carbocycles. The van der Waals surface area contributed by atoms with Crippen LogP contribution in [0.3, 0.4) is 0 Å². The van der Waals surface area contributed by atoms with Crippen LogP contribution >= 0.6 is 0 Å². The summed E-state index contributed by atoms with van der Waals surface area (Å²) in [5.74, 6) is -0.187. The molecule has 0 amide bonds. The average Bonchev–Trinajstić information content (AvgIpc) is 3.24. The van der Waals surface area contributed by atoms with Crippen LogP contribution in [0.2, 0.25) is 0 Å². The van der Waals surface area contributed by atoms with Gasteiger partial charge in [-0.1, -0.05) is 0 Å². The Morgan fingerprint density at radius 1 is 1.28 bits per heavy atom. The fourth-order valence-corrected chi connectivity index (χ4v) is 5.08. The van der Waals surface area contributed by atoms with E-state index in [4.69, 9.17) is 9.47 Å². The van der Waals surface area contributed by atoms with Crippen LogP contribution in [0.25, 0.3) is 11.3 Å². The third kappa shape index (κ3) is 4.85. The van der Waals surface area contributed by atoms with Crippen molar-refractivity contribution in [2.45, 2.75) is 36.8 Å². The monoisotopic (exact) mass is 459 g/mol. The summed E-state index contributed by atoms with van der Waals surface area (Å²) in [6, 6.07) is 9.15. The second-order valence-corrected chi connectivity index (χ2v) is 9.51. The summed E-state index contributed by atoms with van der Waals surface area (Å²) in [4.78, 5) is 3.93. The van der Waals surface area contributed by atoms with Crippen LogP contribution in [0.5, 0.6) is 5.75 Å². The number of pyridine rings is 1. The van der Waals surface area contributed by atoms with E-state index in [9.17, 15) is 8.42 Å². The van der Waals surface area contributed by atoms with Crippen LogP contribution in [-0.2, 0) is 21.3 Å². The molecule has 1 saturated heterocycles. The fourth-order valence-electron chi connectivity index (χ4n) is 3.73. The molecule has 9 heteroatoms. The Labute approximate surface area is 187 Å². The van der Waals surface area contributed by atoms with Crippen molar-refractivity contribution in [1.29, 1.82) is 0 Å². The zero-order valence-electron chi connectivity index (χ0n) is 17.8. The molecule has 0 radical (unpaired) electrons. The quantitative estimate of drug-likeness (QED) is 0.554. The molecule has 1 N–H and O–H groups in total. The van der Waals surface area contributed by atoms with E-state index in [1.165, 1.54) is 30.7 Å². The minimum atomic E-state index is -3.95. The molecule has 1 fully saturated rings. The van der Waals surface area contributed by atoms with E-state index in [1.807, 2.05) is 0 Å². The molecule has 2 aromatic heterocycles. The lowest BCUT2D eigenvalue weighted by molar-refractivity contribution is -0.0111. The van der Waals surface area contributed by atoms with E-state index in [1.54, 1.807) is 31.3 Å². The maximum Gasteiger partial charge on any atom is 0.269 e. The molecule has 1 unspecified atom stereocenters. The minimum absolute atomic E-state index is 0.0115. The molecule has 7 nitrogen and oxygen atoms in total. The van der Waals surface area contributed by atoms with Crippen LogP contribution in [-0.4, -0.2) is 43.7 Å². The lowest BCUT2D eigenvalue weighted by Crippen LogP contribution is -2.25. The maximum absolute atomic E-state index is 15.1. The van der Waals surface area contributed by atoms with Gasteiger partial charge in [-0.05, 0) is 62.2 Å². The molecule has 0 bridgehead atoms. The van der Waals surface area contributed by atoms with Gasteiger partial charge < -0.3 is 14.8 Å². The third-order valence-corrected chi connectivity index (χ3v) is 7.00. The second kappa shape index (κ2) is 9.81. The molecule has 1 aliphatic rings. The van der Waals surface area contributed by atoms with Crippen LogP contribution < -0.4 is 10.1 Å². The van der Waals surface area contributed by atoms with Crippen molar-refractivity contribution < 1.29 is 22.3 Å². The predicted octanol–water partition coefficient (Wildman–Crippen LogP) is 3.59. The fraction of sp³-hybridized carbons (Fsp3) is 0.348. The number of benzene rings is 1. The molecule has 0 spiro atoms. The Kier molecular flexibility index (Phi) is 6.88. The molecule has 1 atom stereocenters. The van der Waals surface area contributed by atoms with Gasteiger partial charge >= 0.3 is 0 Å². The second-order valence-electron chi connectivity index (χ2n) is 7.69. The Bertz CT molecular complexity index is 1160. The summed E-state index contributed by atoms with van der Waals surface area (Å²) in [7, 11) is -2.20. The molecular formula is C23H26FN3O4S. The van der Waals surface area contributed by atoms with Crippen LogP contribution in [0, 0.1) is 5.82 Å². The van der Waals surface area contributed by atoms with Gasteiger partial charge in [-0.2, -0.15) is 0 Å². The Hall–Kier alpha value is -2.75. The van der Waals surface area contributed by atoms with E-state index in [0.717, 1.165) is 29.8 Å². The van der Waals surface area contributed by atoms with Crippen molar-refractivity contribution in [3.63, 3.8) is 0 Å². The molecular weight excluding hydrogens is 433 g/mol. The Balaban J connectivity index is 1.65. The van der Waals surface area contributed by atoms with Crippen LogP contribution in [0.1, 0.15) is 24.8 Å². The van der Waals surface area contributed by atoms with Gasteiger partial charge in [0.2, 0.25) is 0 Å². The molecule has 0 saturated carbocycles. The third-order valence-electron chi connectivity index (χ3n) is 5.34. The van der Waals surface area contributed by atoms with Crippen LogP contribution in [0.15, 0.2) is 59.9 Å². The zero-order valence-corrected chi connectivity index (χ0v) is 18.6. The summed E-state index contributed by atoms with van der Waals surface area (Å²) < 4.78 is 54.1. The molecule has 1 aliphatic heterocycles. The lowest BCUT2D eigenvalue weighted by Gasteiger charge is -2.22. The highest BCUT2D eigenvalue weighted by molar-refractivity contribution is 7.90. The van der Waals surface area contributed by atoms with Crippen molar-refractivity contribution in [3.05, 3.63) is 66.4 Å². The number of hydrogen-bond donors (Lipinski definition) is 1. The lowest BCUT2D eigenvalue weighted by atomic mass is 10.1. The van der Waals surface area contributed by atoms with E-state index in [2.05, 4.69) is 10.3 Å². The first kappa shape index (κ1) is 22.4. The zero-order chi connectivity index (χ0) is 22.6. The maximum atomic E-state index is 15.1. The molecule has 1 aromatic carbocycles. The smallest absolute Gasteiger partial charge is 0.269 e. The highest BCUT2D eigenvalue weighted by Gasteiger charge is 2.24. The van der Waals surface area contributed by atoms with Crippen molar-refractivity contribution in [2.24, 2.45) is 0 Å². The highest BCUT2D eigenvalue weighted by atomic mass is 32.2. The van der Waals surface area contributed by atoms with Gasteiger partial charge in [0.1, 0.15) is 23.1 Å². The largest absolute Gasteiger partial charge is 0.491 e. The molecule has 32 heavy (non-hydrogen) atoms. The first-order valence-corrected chi connectivity index (χ1v) is 12.0. The first-order chi connectivity index (χ1) is 15.5. The number of halogens is 1. The van der Waals surface area contributed by atoms with E-state index >= 15 is 4.39 Å². The van der Waals surface area contributed by atoms with Gasteiger partial charge in [-0.25, -0.2) is 16.8 Å². The summed E-state index contributed by atoms with van der Waals surface area (Å²) >= 11 is 0. The molecule has 3 aromatic rings. The van der Waals surface area contributed by atoms with Gasteiger partial charge in [0, 0.05) is 43.4 Å². The highest BCUT2D eigenvalue weighted by Crippen LogP contribution is 2.31. The van der Waals surface area contributed by atoms with Gasteiger partial charge in [0.05, 0.1) is 11.8 Å².